The average Bonchev–Trinajstić information content (AvgIpc) is 3.15. The van der Waals surface area contributed by atoms with Crippen LogP contribution in [0.4, 0.5) is 0 Å². The number of hydrogen-bond donors (Lipinski definition) is 0. The van der Waals surface area contributed by atoms with Gasteiger partial charge in [-0.25, -0.2) is 0 Å². The number of carbonyl (C=O) groups excluding carboxylic acids is 3. The highest BCUT2D eigenvalue weighted by Gasteiger charge is 2.19. The Bertz CT molecular complexity index is 826. The van der Waals surface area contributed by atoms with Crippen molar-refractivity contribution in [3.63, 3.8) is 0 Å². The number of ether oxygens (including phenoxy) is 3. The van der Waals surface area contributed by atoms with Crippen molar-refractivity contribution in [2.75, 3.05) is 13.2 Å². The van der Waals surface area contributed by atoms with Crippen molar-refractivity contribution in [1.29, 1.82) is 0 Å². The van der Waals surface area contributed by atoms with E-state index in [1.165, 1.54) is 148 Å². The Labute approximate surface area is 336 Å². The summed E-state index contributed by atoms with van der Waals surface area (Å²) in [6, 6.07) is 0. The minimum Gasteiger partial charge on any atom is -0.462 e. The van der Waals surface area contributed by atoms with E-state index in [2.05, 4.69) is 34.6 Å². The first-order chi connectivity index (χ1) is 26.3. The second-order valence-electron chi connectivity index (χ2n) is 17.1. The molecule has 0 bridgehead atoms. The third-order valence-corrected chi connectivity index (χ3v) is 11.1. The number of unbranched alkanes of at least 4 members (excludes halogenated alkanes) is 26. The quantitative estimate of drug-likeness (QED) is 0.0350. The molecule has 0 aliphatic rings. The highest BCUT2D eigenvalue weighted by atomic mass is 16.6. The Morgan fingerprint density at radius 1 is 0.389 bits per heavy atom. The Kier molecular flexibility index (Phi) is 39.8. The Hall–Kier alpha value is -1.59. The van der Waals surface area contributed by atoms with Crippen molar-refractivity contribution in [2.45, 2.75) is 265 Å². The lowest BCUT2D eigenvalue weighted by Crippen LogP contribution is -2.30. The van der Waals surface area contributed by atoms with Crippen molar-refractivity contribution in [3.05, 3.63) is 0 Å². The molecule has 0 aromatic heterocycles. The van der Waals surface area contributed by atoms with Gasteiger partial charge in [-0.2, -0.15) is 0 Å². The lowest BCUT2D eigenvalue weighted by atomic mass is 10.00. The van der Waals surface area contributed by atoms with Crippen LogP contribution in [0.1, 0.15) is 259 Å². The van der Waals surface area contributed by atoms with Crippen molar-refractivity contribution >= 4 is 17.9 Å². The van der Waals surface area contributed by atoms with Crippen LogP contribution in [0, 0.1) is 11.8 Å². The van der Waals surface area contributed by atoms with Crippen molar-refractivity contribution in [3.8, 4) is 0 Å². The molecule has 0 aliphatic carbocycles. The van der Waals surface area contributed by atoms with Gasteiger partial charge in [0.05, 0.1) is 0 Å². The molecule has 0 aliphatic heterocycles. The number of carbonyl (C=O) groups is 3. The van der Waals surface area contributed by atoms with Gasteiger partial charge in [0, 0.05) is 19.3 Å². The molecular formula is C48H92O6. The fourth-order valence-electron chi connectivity index (χ4n) is 7.07. The summed E-state index contributed by atoms with van der Waals surface area (Å²) in [5, 5.41) is 0. The van der Waals surface area contributed by atoms with E-state index in [4.69, 9.17) is 14.2 Å². The van der Waals surface area contributed by atoms with Crippen LogP contribution in [0.5, 0.6) is 0 Å². The summed E-state index contributed by atoms with van der Waals surface area (Å²) >= 11 is 0. The predicted molar refractivity (Wildman–Crippen MR) is 229 cm³/mol. The van der Waals surface area contributed by atoms with E-state index < -0.39 is 6.10 Å². The Morgan fingerprint density at radius 2 is 0.704 bits per heavy atom. The smallest absolute Gasteiger partial charge is 0.306 e. The van der Waals surface area contributed by atoms with Crippen LogP contribution in [0.3, 0.4) is 0 Å². The highest BCUT2D eigenvalue weighted by molar-refractivity contribution is 5.71. The van der Waals surface area contributed by atoms with Gasteiger partial charge in [-0.05, 0) is 31.1 Å². The van der Waals surface area contributed by atoms with Crippen LogP contribution in [0.25, 0.3) is 0 Å². The standard InChI is InChI=1S/C48H92O6/c1-6-8-9-10-11-12-13-16-20-23-30-35-40-48(51)54-45(42-53-47(50)39-34-29-25-24-27-32-37-44(5)7-2)41-52-46(49)38-33-28-22-19-17-14-15-18-21-26-31-36-43(3)4/h43-45H,6-42H2,1-5H3/t44?,45-/m1/s1. The van der Waals surface area contributed by atoms with E-state index in [9.17, 15) is 14.4 Å². The molecule has 0 heterocycles. The second kappa shape index (κ2) is 41.1. The molecule has 2 atom stereocenters. The van der Waals surface area contributed by atoms with Crippen LogP contribution in [0.15, 0.2) is 0 Å². The largest absolute Gasteiger partial charge is 0.462 e. The molecule has 1 unspecified atom stereocenters. The third-order valence-electron chi connectivity index (χ3n) is 11.1. The summed E-state index contributed by atoms with van der Waals surface area (Å²) in [5.41, 5.74) is 0. The molecule has 320 valence electrons. The van der Waals surface area contributed by atoms with E-state index in [1.54, 1.807) is 0 Å². The molecule has 6 nitrogen and oxygen atoms in total. The molecule has 0 saturated carbocycles. The minimum absolute atomic E-state index is 0.0651. The van der Waals surface area contributed by atoms with E-state index in [0.717, 1.165) is 69.6 Å². The molecule has 0 spiro atoms. The monoisotopic (exact) mass is 765 g/mol. The number of hydrogen-bond acceptors (Lipinski definition) is 6. The predicted octanol–water partition coefficient (Wildman–Crippen LogP) is 15.0. The van der Waals surface area contributed by atoms with Gasteiger partial charge in [-0.1, -0.05) is 221 Å². The summed E-state index contributed by atoms with van der Waals surface area (Å²) in [6.07, 6.45) is 39.4. The summed E-state index contributed by atoms with van der Waals surface area (Å²) in [5.74, 6) is 0.784. The van der Waals surface area contributed by atoms with Gasteiger partial charge >= 0.3 is 17.9 Å². The van der Waals surface area contributed by atoms with Gasteiger partial charge in [-0.15, -0.1) is 0 Å². The van der Waals surface area contributed by atoms with E-state index >= 15 is 0 Å². The van der Waals surface area contributed by atoms with E-state index in [0.29, 0.717) is 19.3 Å². The molecule has 0 rings (SSSR count). The van der Waals surface area contributed by atoms with Crippen molar-refractivity contribution in [2.24, 2.45) is 11.8 Å². The van der Waals surface area contributed by atoms with Crippen molar-refractivity contribution < 1.29 is 28.6 Å². The zero-order valence-corrected chi connectivity index (χ0v) is 36.8. The van der Waals surface area contributed by atoms with Crippen molar-refractivity contribution in [1.82, 2.24) is 0 Å². The van der Waals surface area contributed by atoms with Crippen LogP contribution in [-0.4, -0.2) is 37.2 Å². The first-order valence-electron chi connectivity index (χ1n) is 23.8. The molecule has 0 aromatic carbocycles. The molecule has 0 radical (unpaired) electrons. The summed E-state index contributed by atoms with van der Waals surface area (Å²) in [4.78, 5) is 37.7. The zero-order chi connectivity index (χ0) is 39.7. The fraction of sp³-hybridized carbons (Fsp3) is 0.938. The topological polar surface area (TPSA) is 78.9 Å². The summed E-state index contributed by atoms with van der Waals surface area (Å²) in [7, 11) is 0. The lowest BCUT2D eigenvalue weighted by Gasteiger charge is -2.18. The Balaban J connectivity index is 4.33. The van der Waals surface area contributed by atoms with Crippen LogP contribution in [0.2, 0.25) is 0 Å². The lowest BCUT2D eigenvalue weighted by molar-refractivity contribution is -0.167. The SMILES string of the molecule is CCCCCCCCCCCCCCC(=O)O[C@H](COC(=O)CCCCCCCCCCCCCC(C)C)COC(=O)CCCCCCCCC(C)CC. The van der Waals surface area contributed by atoms with Gasteiger partial charge in [0.2, 0.25) is 0 Å². The molecule has 0 N–H and O–H groups in total. The van der Waals surface area contributed by atoms with E-state index in [1.807, 2.05) is 0 Å². The molecule has 6 heteroatoms. The van der Waals surface area contributed by atoms with Crippen LogP contribution < -0.4 is 0 Å². The summed E-state index contributed by atoms with van der Waals surface area (Å²) in [6.45, 7) is 11.3. The molecule has 0 aromatic rings. The fourth-order valence-corrected chi connectivity index (χ4v) is 7.07. The van der Waals surface area contributed by atoms with Gasteiger partial charge in [0.15, 0.2) is 6.10 Å². The molecule has 54 heavy (non-hydrogen) atoms. The Morgan fingerprint density at radius 3 is 1.06 bits per heavy atom. The normalized spacial score (nSPS) is 12.6. The maximum absolute atomic E-state index is 12.7. The highest BCUT2D eigenvalue weighted by Crippen LogP contribution is 2.17. The zero-order valence-electron chi connectivity index (χ0n) is 36.8. The molecule has 0 saturated heterocycles. The van der Waals surface area contributed by atoms with Gasteiger partial charge in [0.25, 0.3) is 0 Å². The second-order valence-corrected chi connectivity index (χ2v) is 17.1. The maximum Gasteiger partial charge on any atom is 0.306 e. The molecule has 0 fully saturated rings. The van der Waals surface area contributed by atoms with Gasteiger partial charge in [-0.3, -0.25) is 14.4 Å². The minimum atomic E-state index is -0.761. The molecule has 0 amide bonds. The van der Waals surface area contributed by atoms with Crippen LogP contribution in [-0.2, 0) is 28.6 Å². The summed E-state index contributed by atoms with van der Waals surface area (Å²) < 4.78 is 16.7. The first-order valence-corrected chi connectivity index (χ1v) is 23.8. The van der Waals surface area contributed by atoms with Crippen LogP contribution >= 0.6 is 0 Å². The van der Waals surface area contributed by atoms with E-state index in [-0.39, 0.29) is 31.1 Å². The number of esters is 3. The first kappa shape index (κ1) is 52.4. The average molecular weight is 765 g/mol. The number of rotatable bonds is 42. The van der Waals surface area contributed by atoms with Gasteiger partial charge in [0.1, 0.15) is 13.2 Å². The van der Waals surface area contributed by atoms with Gasteiger partial charge < -0.3 is 14.2 Å². The third kappa shape index (κ3) is 40.1. The maximum atomic E-state index is 12.7. The molecular weight excluding hydrogens is 673 g/mol.